The molecule has 0 radical (unpaired) electrons. The van der Waals surface area contributed by atoms with Crippen molar-refractivity contribution in [3.63, 3.8) is 0 Å². The molecule has 0 spiro atoms. The number of piperidine rings is 1. The van der Waals surface area contributed by atoms with Crippen LogP contribution < -0.4 is 4.74 Å². The Kier molecular flexibility index (Phi) is 4.45. The molecule has 0 aliphatic carbocycles. The Morgan fingerprint density at radius 3 is 2.86 bits per heavy atom. The number of fused-ring (bicyclic) bond motifs is 1. The summed E-state index contributed by atoms with van der Waals surface area (Å²) in [5.74, 6) is 2.49. The van der Waals surface area contributed by atoms with Crippen molar-refractivity contribution in [2.75, 3.05) is 33.3 Å². The lowest BCUT2D eigenvalue weighted by atomic mass is 9.88. The molecule has 0 N–H and O–H groups in total. The second-order valence-electron chi connectivity index (χ2n) is 6.76. The van der Waals surface area contributed by atoms with Gasteiger partial charge in [0.05, 0.1) is 7.11 Å². The lowest BCUT2D eigenvalue weighted by Crippen LogP contribution is -2.43. The lowest BCUT2D eigenvalue weighted by Gasteiger charge is -2.36. The average Bonchev–Trinajstić information content (AvgIpc) is 2.89. The van der Waals surface area contributed by atoms with Crippen LogP contribution in [-0.4, -0.2) is 54.1 Å². The molecule has 2 saturated heterocycles. The average molecular weight is 289 g/mol. The van der Waals surface area contributed by atoms with Crippen LogP contribution in [-0.2, 0) is 6.54 Å². The first-order chi connectivity index (χ1) is 10.2. The van der Waals surface area contributed by atoms with Crippen LogP contribution in [0.25, 0.3) is 0 Å². The van der Waals surface area contributed by atoms with Crippen LogP contribution >= 0.6 is 0 Å². The maximum absolute atomic E-state index is 5.38. The number of ether oxygens (including phenoxy) is 1. The van der Waals surface area contributed by atoms with Crippen LogP contribution in [0.3, 0.4) is 0 Å². The van der Waals surface area contributed by atoms with Gasteiger partial charge in [0.15, 0.2) is 0 Å². The molecule has 0 saturated carbocycles. The molecule has 0 unspecified atom stereocenters. The summed E-state index contributed by atoms with van der Waals surface area (Å²) in [6, 6.07) is 4.81. The number of nitrogens with zero attached hydrogens (tertiary/aromatic N) is 3. The molecule has 2 atom stereocenters. The highest BCUT2D eigenvalue weighted by atomic mass is 16.5. The summed E-state index contributed by atoms with van der Waals surface area (Å²) in [7, 11) is 1.70. The lowest BCUT2D eigenvalue weighted by molar-refractivity contribution is 0.118. The predicted molar refractivity (Wildman–Crippen MR) is 84.4 cm³/mol. The van der Waals surface area contributed by atoms with Crippen LogP contribution in [0, 0.1) is 11.8 Å². The molecular formula is C17H27N3O. The van der Waals surface area contributed by atoms with E-state index in [1.807, 2.05) is 6.07 Å². The molecular weight excluding hydrogens is 262 g/mol. The van der Waals surface area contributed by atoms with Gasteiger partial charge in [0, 0.05) is 44.0 Å². The third-order valence-corrected chi connectivity index (χ3v) is 5.08. The minimum Gasteiger partial charge on any atom is -0.481 e. The summed E-state index contributed by atoms with van der Waals surface area (Å²) >= 11 is 0. The smallest absolute Gasteiger partial charge is 0.217 e. The van der Waals surface area contributed by atoms with E-state index >= 15 is 0 Å². The molecule has 4 nitrogen and oxygen atoms in total. The second kappa shape index (κ2) is 6.32. The van der Waals surface area contributed by atoms with Crippen molar-refractivity contribution in [1.29, 1.82) is 0 Å². The zero-order valence-corrected chi connectivity index (χ0v) is 13.5. The van der Waals surface area contributed by atoms with Gasteiger partial charge in [-0.1, -0.05) is 6.07 Å². The van der Waals surface area contributed by atoms with E-state index in [9.17, 15) is 0 Å². The maximum Gasteiger partial charge on any atom is 0.217 e. The molecule has 2 fully saturated rings. The fourth-order valence-electron chi connectivity index (χ4n) is 3.86. The van der Waals surface area contributed by atoms with Gasteiger partial charge in [-0.2, -0.15) is 0 Å². The fraction of sp³-hybridized carbons (Fsp3) is 0.706. The van der Waals surface area contributed by atoms with Gasteiger partial charge >= 0.3 is 0 Å². The van der Waals surface area contributed by atoms with Crippen molar-refractivity contribution in [2.45, 2.75) is 32.9 Å². The van der Waals surface area contributed by atoms with E-state index in [-0.39, 0.29) is 0 Å². The number of likely N-dealkylation sites (tertiary alicyclic amines) is 2. The number of methoxy groups -OCH3 is 1. The van der Waals surface area contributed by atoms with Gasteiger partial charge < -0.3 is 9.64 Å². The zero-order chi connectivity index (χ0) is 14.8. The predicted octanol–water partition coefficient (Wildman–Crippen LogP) is 2.25. The summed E-state index contributed by atoms with van der Waals surface area (Å²) in [6.07, 6.45) is 3.15. The highest BCUT2D eigenvalue weighted by Crippen LogP contribution is 2.33. The summed E-state index contributed by atoms with van der Waals surface area (Å²) < 4.78 is 5.38. The van der Waals surface area contributed by atoms with Crippen molar-refractivity contribution in [3.8, 4) is 5.88 Å². The van der Waals surface area contributed by atoms with E-state index in [4.69, 9.17) is 4.74 Å². The van der Waals surface area contributed by atoms with E-state index in [2.05, 4.69) is 34.7 Å². The quantitative estimate of drug-likeness (QED) is 0.850. The van der Waals surface area contributed by atoms with Crippen molar-refractivity contribution in [1.82, 2.24) is 14.8 Å². The second-order valence-corrected chi connectivity index (χ2v) is 6.76. The Labute approximate surface area is 128 Å². The van der Waals surface area contributed by atoms with Crippen LogP contribution in [0.4, 0.5) is 0 Å². The zero-order valence-electron chi connectivity index (χ0n) is 13.5. The van der Waals surface area contributed by atoms with Gasteiger partial charge in [0.25, 0.3) is 0 Å². The summed E-state index contributed by atoms with van der Waals surface area (Å²) in [5, 5.41) is 0. The summed E-state index contributed by atoms with van der Waals surface area (Å²) in [5.41, 5.74) is 1.21. The van der Waals surface area contributed by atoms with E-state index < -0.39 is 0 Å². The van der Waals surface area contributed by atoms with Crippen LogP contribution in [0.2, 0.25) is 0 Å². The highest BCUT2D eigenvalue weighted by molar-refractivity contribution is 5.25. The van der Waals surface area contributed by atoms with E-state index in [0.29, 0.717) is 6.04 Å². The first-order valence-corrected chi connectivity index (χ1v) is 8.11. The largest absolute Gasteiger partial charge is 0.481 e. The van der Waals surface area contributed by atoms with E-state index in [0.717, 1.165) is 24.3 Å². The van der Waals surface area contributed by atoms with Crippen molar-refractivity contribution >= 4 is 0 Å². The molecule has 3 rings (SSSR count). The van der Waals surface area contributed by atoms with Crippen molar-refractivity contribution in [3.05, 3.63) is 23.9 Å². The Hall–Kier alpha value is -1.13. The minimum atomic E-state index is 0.679. The molecule has 2 aliphatic heterocycles. The molecule has 2 aliphatic rings. The van der Waals surface area contributed by atoms with E-state index in [1.165, 1.54) is 38.2 Å². The molecule has 0 bridgehead atoms. The van der Waals surface area contributed by atoms with Crippen molar-refractivity contribution in [2.24, 2.45) is 11.8 Å². The molecule has 0 aromatic carbocycles. The molecule has 3 heterocycles. The van der Waals surface area contributed by atoms with Gasteiger partial charge in [0.1, 0.15) is 0 Å². The van der Waals surface area contributed by atoms with Gasteiger partial charge in [-0.25, -0.2) is 4.98 Å². The first-order valence-electron chi connectivity index (χ1n) is 8.11. The molecule has 4 heteroatoms. The normalized spacial score (nSPS) is 27.0. The number of hydrogen-bond acceptors (Lipinski definition) is 4. The SMILES string of the molecule is COc1ncccc1CN1C[C@@H]2CCN(C(C)C)C[C@@H]2C1. The number of hydrogen-bond donors (Lipinski definition) is 0. The first kappa shape index (κ1) is 14.8. The summed E-state index contributed by atoms with van der Waals surface area (Å²) in [4.78, 5) is 9.52. The Morgan fingerprint density at radius 1 is 1.29 bits per heavy atom. The number of rotatable bonds is 4. The van der Waals surface area contributed by atoms with Gasteiger partial charge in [0.2, 0.25) is 5.88 Å². The molecule has 1 aromatic heterocycles. The maximum atomic E-state index is 5.38. The monoisotopic (exact) mass is 289 g/mol. The number of aromatic nitrogens is 1. The van der Waals surface area contributed by atoms with Crippen LogP contribution in [0.1, 0.15) is 25.8 Å². The van der Waals surface area contributed by atoms with Gasteiger partial charge in [-0.15, -0.1) is 0 Å². The van der Waals surface area contributed by atoms with Gasteiger partial charge in [-0.05, 0) is 44.7 Å². The minimum absolute atomic E-state index is 0.679. The Morgan fingerprint density at radius 2 is 2.10 bits per heavy atom. The topological polar surface area (TPSA) is 28.6 Å². The third kappa shape index (κ3) is 3.22. The standard InChI is InChI=1S/C17H27N3O/c1-13(2)20-8-6-14-9-19(11-16(14)12-20)10-15-5-4-7-18-17(15)21-3/h4-5,7,13-14,16H,6,8-12H2,1-3H3/t14-,16-/m0/s1. The van der Waals surface area contributed by atoms with Crippen molar-refractivity contribution < 1.29 is 4.74 Å². The molecule has 21 heavy (non-hydrogen) atoms. The number of pyridine rings is 1. The Balaban J connectivity index is 1.62. The molecule has 1 aromatic rings. The van der Waals surface area contributed by atoms with Gasteiger partial charge in [-0.3, -0.25) is 4.90 Å². The van der Waals surface area contributed by atoms with E-state index in [1.54, 1.807) is 13.3 Å². The molecule has 0 amide bonds. The summed E-state index contributed by atoms with van der Waals surface area (Å²) in [6.45, 7) is 10.6. The van der Waals surface area contributed by atoms with Crippen LogP contribution in [0.5, 0.6) is 5.88 Å². The Bertz CT molecular complexity index is 477. The van der Waals surface area contributed by atoms with Crippen LogP contribution in [0.15, 0.2) is 18.3 Å². The fourth-order valence-corrected chi connectivity index (χ4v) is 3.86. The molecule has 116 valence electrons. The third-order valence-electron chi connectivity index (χ3n) is 5.08. The highest BCUT2D eigenvalue weighted by Gasteiger charge is 2.37.